The standard InChI is InChI=1S/C12H16/c1-5-6-12-7-9(2)11(4)10(3)8-12/h5-8H,1-4H3. The molecule has 1 rings (SSSR count). The average Bonchev–Trinajstić information content (AvgIpc) is 2.01. The van der Waals surface area contributed by atoms with E-state index in [0.717, 1.165) is 0 Å². The Labute approximate surface area is 74.9 Å². The van der Waals surface area contributed by atoms with E-state index in [0.29, 0.717) is 0 Å². The van der Waals surface area contributed by atoms with Crippen LogP contribution in [0.25, 0.3) is 6.08 Å². The number of benzene rings is 1. The molecule has 0 fully saturated rings. The van der Waals surface area contributed by atoms with E-state index >= 15 is 0 Å². The first kappa shape index (κ1) is 9.05. The molecule has 0 aliphatic heterocycles. The first-order chi connectivity index (χ1) is 5.65. The molecular weight excluding hydrogens is 144 g/mol. The van der Waals surface area contributed by atoms with Gasteiger partial charge in [0, 0.05) is 0 Å². The van der Waals surface area contributed by atoms with E-state index in [1.807, 2.05) is 6.92 Å². The Morgan fingerprint density at radius 1 is 1.00 bits per heavy atom. The number of allylic oxidation sites excluding steroid dienone is 1. The summed E-state index contributed by atoms with van der Waals surface area (Å²) in [5, 5.41) is 0. The van der Waals surface area contributed by atoms with Crippen LogP contribution in [0, 0.1) is 20.8 Å². The molecule has 1 aromatic carbocycles. The van der Waals surface area contributed by atoms with Crippen LogP contribution in [0.15, 0.2) is 18.2 Å². The number of aryl methyl sites for hydroxylation is 2. The predicted octanol–water partition coefficient (Wildman–Crippen LogP) is 3.64. The second kappa shape index (κ2) is 3.57. The summed E-state index contributed by atoms with van der Waals surface area (Å²) in [7, 11) is 0. The van der Waals surface area contributed by atoms with E-state index in [-0.39, 0.29) is 0 Å². The zero-order valence-electron chi connectivity index (χ0n) is 8.31. The Kier molecular flexibility index (Phi) is 2.69. The minimum atomic E-state index is 1.30. The fourth-order valence-corrected chi connectivity index (χ4v) is 1.36. The molecule has 1 aromatic rings. The third-order valence-corrected chi connectivity index (χ3v) is 2.31. The van der Waals surface area contributed by atoms with Crippen LogP contribution in [-0.4, -0.2) is 0 Å². The zero-order valence-corrected chi connectivity index (χ0v) is 8.31. The van der Waals surface area contributed by atoms with Gasteiger partial charge in [-0.3, -0.25) is 0 Å². The molecule has 0 saturated carbocycles. The highest BCUT2D eigenvalue weighted by atomic mass is 14.0. The molecule has 0 N–H and O–H groups in total. The van der Waals surface area contributed by atoms with Crippen molar-refractivity contribution in [3.05, 3.63) is 40.5 Å². The third kappa shape index (κ3) is 1.76. The molecule has 64 valence electrons. The van der Waals surface area contributed by atoms with Crippen molar-refractivity contribution in [3.63, 3.8) is 0 Å². The van der Waals surface area contributed by atoms with Crippen molar-refractivity contribution in [2.24, 2.45) is 0 Å². The van der Waals surface area contributed by atoms with Gasteiger partial charge in [-0.1, -0.05) is 24.3 Å². The summed E-state index contributed by atoms with van der Waals surface area (Å²) in [6.45, 7) is 8.54. The highest BCUT2D eigenvalue weighted by molar-refractivity contribution is 5.53. The largest absolute Gasteiger partial charge is 0.0871 e. The minimum Gasteiger partial charge on any atom is -0.0871 e. The third-order valence-electron chi connectivity index (χ3n) is 2.31. The van der Waals surface area contributed by atoms with Crippen LogP contribution in [0.4, 0.5) is 0 Å². The lowest BCUT2D eigenvalue weighted by Gasteiger charge is -2.05. The Balaban J connectivity index is 3.21. The Morgan fingerprint density at radius 2 is 1.50 bits per heavy atom. The van der Waals surface area contributed by atoms with E-state index in [1.165, 1.54) is 22.3 Å². The van der Waals surface area contributed by atoms with Gasteiger partial charge < -0.3 is 0 Å². The van der Waals surface area contributed by atoms with Gasteiger partial charge >= 0.3 is 0 Å². The lowest BCUT2D eigenvalue weighted by molar-refractivity contribution is 1.26. The molecule has 0 bridgehead atoms. The van der Waals surface area contributed by atoms with Crippen LogP contribution in [0.5, 0.6) is 0 Å². The summed E-state index contributed by atoms with van der Waals surface area (Å²) in [6.07, 6.45) is 4.21. The minimum absolute atomic E-state index is 1.30. The van der Waals surface area contributed by atoms with E-state index in [4.69, 9.17) is 0 Å². The SMILES string of the molecule is CC=Cc1cc(C)c(C)c(C)c1. The molecule has 0 aromatic heterocycles. The van der Waals surface area contributed by atoms with E-state index in [1.54, 1.807) is 0 Å². The molecule has 0 spiro atoms. The first-order valence-electron chi connectivity index (χ1n) is 4.35. The maximum atomic E-state index is 2.22. The predicted molar refractivity (Wildman–Crippen MR) is 55.4 cm³/mol. The summed E-state index contributed by atoms with van der Waals surface area (Å²) >= 11 is 0. The van der Waals surface area contributed by atoms with Gasteiger partial charge in [0.1, 0.15) is 0 Å². The highest BCUT2D eigenvalue weighted by Gasteiger charge is 1.97. The first-order valence-corrected chi connectivity index (χ1v) is 4.35. The fraction of sp³-hybridized carbons (Fsp3) is 0.333. The van der Waals surface area contributed by atoms with Gasteiger partial charge in [0.15, 0.2) is 0 Å². The number of hydrogen-bond acceptors (Lipinski definition) is 0. The molecular formula is C12H16. The maximum absolute atomic E-state index is 2.22. The van der Waals surface area contributed by atoms with Gasteiger partial charge in [-0.25, -0.2) is 0 Å². The molecule has 0 amide bonds. The van der Waals surface area contributed by atoms with Crippen LogP contribution >= 0.6 is 0 Å². The topological polar surface area (TPSA) is 0 Å². The smallest absolute Gasteiger partial charge is 0.0254 e. The van der Waals surface area contributed by atoms with Gasteiger partial charge in [-0.05, 0) is 49.9 Å². The van der Waals surface area contributed by atoms with Crippen molar-refractivity contribution in [1.82, 2.24) is 0 Å². The molecule has 0 atom stereocenters. The second-order valence-electron chi connectivity index (χ2n) is 3.28. The maximum Gasteiger partial charge on any atom is -0.0254 e. The second-order valence-corrected chi connectivity index (χ2v) is 3.28. The summed E-state index contributed by atoms with van der Waals surface area (Å²) in [6, 6.07) is 4.45. The van der Waals surface area contributed by atoms with Gasteiger partial charge in [0.2, 0.25) is 0 Å². The molecule has 0 nitrogen and oxygen atoms in total. The quantitative estimate of drug-likeness (QED) is 0.588. The number of rotatable bonds is 1. The number of hydrogen-bond donors (Lipinski definition) is 0. The van der Waals surface area contributed by atoms with Crippen molar-refractivity contribution in [2.45, 2.75) is 27.7 Å². The molecule has 12 heavy (non-hydrogen) atoms. The molecule has 0 heterocycles. The van der Waals surface area contributed by atoms with Crippen molar-refractivity contribution in [1.29, 1.82) is 0 Å². The summed E-state index contributed by atoms with van der Waals surface area (Å²) in [5.41, 5.74) is 5.47. The van der Waals surface area contributed by atoms with Gasteiger partial charge in [-0.15, -0.1) is 0 Å². The Hall–Kier alpha value is -1.04. The molecule has 0 saturated heterocycles. The summed E-state index contributed by atoms with van der Waals surface area (Å²) in [5.74, 6) is 0. The molecule has 0 radical (unpaired) electrons. The van der Waals surface area contributed by atoms with E-state index in [9.17, 15) is 0 Å². The lowest BCUT2D eigenvalue weighted by atomic mass is 10.0. The summed E-state index contributed by atoms with van der Waals surface area (Å²) in [4.78, 5) is 0. The van der Waals surface area contributed by atoms with Crippen LogP contribution in [0.2, 0.25) is 0 Å². The van der Waals surface area contributed by atoms with Crippen molar-refractivity contribution in [2.75, 3.05) is 0 Å². The Bertz CT molecular complexity index is 283. The van der Waals surface area contributed by atoms with Crippen molar-refractivity contribution >= 4 is 6.08 Å². The molecule has 0 heteroatoms. The lowest BCUT2D eigenvalue weighted by Crippen LogP contribution is -1.87. The molecule has 0 aliphatic carbocycles. The van der Waals surface area contributed by atoms with Crippen LogP contribution < -0.4 is 0 Å². The molecule has 0 aliphatic rings. The molecule has 0 unspecified atom stereocenters. The normalized spacial score (nSPS) is 11.0. The van der Waals surface area contributed by atoms with Crippen molar-refractivity contribution in [3.8, 4) is 0 Å². The average molecular weight is 160 g/mol. The van der Waals surface area contributed by atoms with E-state index in [2.05, 4.69) is 45.1 Å². The van der Waals surface area contributed by atoms with Crippen LogP contribution in [-0.2, 0) is 0 Å². The summed E-state index contributed by atoms with van der Waals surface area (Å²) < 4.78 is 0. The van der Waals surface area contributed by atoms with Gasteiger partial charge in [0.05, 0.1) is 0 Å². The fourth-order valence-electron chi connectivity index (χ4n) is 1.36. The highest BCUT2D eigenvalue weighted by Crippen LogP contribution is 2.16. The van der Waals surface area contributed by atoms with Crippen molar-refractivity contribution < 1.29 is 0 Å². The monoisotopic (exact) mass is 160 g/mol. The zero-order chi connectivity index (χ0) is 9.14. The van der Waals surface area contributed by atoms with Gasteiger partial charge in [-0.2, -0.15) is 0 Å². The Morgan fingerprint density at radius 3 is 1.92 bits per heavy atom. The van der Waals surface area contributed by atoms with E-state index < -0.39 is 0 Å². The van der Waals surface area contributed by atoms with Crippen LogP contribution in [0.3, 0.4) is 0 Å². The van der Waals surface area contributed by atoms with Crippen LogP contribution in [0.1, 0.15) is 29.2 Å². The van der Waals surface area contributed by atoms with Gasteiger partial charge in [0.25, 0.3) is 0 Å².